The van der Waals surface area contributed by atoms with Crippen LogP contribution in [0.5, 0.6) is 0 Å². The van der Waals surface area contributed by atoms with Crippen molar-refractivity contribution in [2.24, 2.45) is 0 Å². The average molecular weight is 108 g/mol. The second-order valence-electron chi connectivity index (χ2n) is 1.35. The lowest BCUT2D eigenvalue weighted by Crippen LogP contribution is -1.89. The van der Waals surface area contributed by atoms with Crippen molar-refractivity contribution in [3.05, 3.63) is 25.1 Å². The summed E-state index contributed by atoms with van der Waals surface area (Å²) in [5.41, 5.74) is 0.826. The molecule has 8 heavy (non-hydrogen) atoms. The highest BCUT2D eigenvalue weighted by Crippen LogP contribution is 1.85. The number of hydrogen-bond donors (Lipinski definition) is 0. The maximum atomic E-state index is 3.74. The van der Waals surface area contributed by atoms with E-state index in [0.29, 0.717) is 6.42 Å². The normalized spacial score (nSPS) is 9.12. The molecule has 0 aromatic carbocycles. The summed E-state index contributed by atoms with van der Waals surface area (Å²) in [6, 6.07) is 0. The van der Waals surface area contributed by atoms with Crippen molar-refractivity contribution in [2.45, 2.75) is 6.42 Å². The molecule has 0 saturated carbocycles. The first-order valence-electron chi connectivity index (χ1n) is 2.34. The molecule has 1 aromatic heterocycles. The van der Waals surface area contributed by atoms with Crippen LogP contribution in [0.2, 0.25) is 0 Å². The van der Waals surface area contributed by atoms with E-state index in [2.05, 4.69) is 22.1 Å². The Labute approximate surface area is 47.8 Å². The minimum absolute atomic E-state index is 0.654. The van der Waals surface area contributed by atoms with Crippen molar-refractivity contribution < 1.29 is 0 Å². The molecule has 0 amide bonds. The molecule has 0 bridgehead atoms. The van der Waals surface area contributed by atoms with Gasteiger partial charge < -0.3 is 0 Å². The SMILES string of the molecule is [CH2]Cc1cncnn1. The highest BCUT2D eigenvalue weighted by atomic mass is 15.1. The Balaban J connectivity index is 2.83. The molecule has 0 spiro atoms. The Morgan fingerprint density at radius 3 is 2.88 bits per heavy atom. The Bertz CT molecular complexity index is 149. The summed E-state index contributed by atoms with van der Waals surface area (Å²) >= 11 is 0. The van der Waals surface area contributed by atoms with Crippen molar-refractivity contribution in [1.29, 1.82) is 0 Å². The maximum absolute atomic E-state index is 3.74. The molecule has 3 heteroatoms. The Morgan fingerprint density at radius 2 is 2.50 bits per heavy atom. The highest BCUT2D eigenvalue weighted by molar-refractivity contribution is 4.90. The van der Waals surface area contributed by atoms with Crippen molar-refractivity contribution in [3.63, 3.8) is 0 Å². The van der Waals surface area contributed by atoms with Gasteiger partial charge in [-0.2, -0.15) is 5.10 Å². The predicted octanol–water partition coefficient (Wildman–Crippen LogP) is 0.248. The van der Waals surface area contributed by atoms with Crippen molar-refractivity contribution in [1.82, 2.24) is 15.2 Å². The zero-order valence-electron chi connectivity index (χ0n) is 4.41. The molecule has 41 valence electrons. The standard InChI is InChI=1S/C5H6N3/c1-2-5-3-6-4-7-8-5/h3-4H,1-2H2. The van der Waals surface area contributed by atoms with Crippen molar-refractivity contribution in [2.75, 3.05) is 0 Å². The molecule has 0 aliphatic rings. The number of aromatic nitrogens is 3. The molecule has 0 aliphatic carbocycles. The second kappa shape index (κ2) is 2.35. The summed E-state index contributed by atoms with van der Waals surface area (Å²) in [4.78, 5) is 3.74. The lowest BCUT2D eigenvalue weighted by Gasteiger charge is -1.86. The van der Waals surface area contributed by atoms with Crippen LogP contribution in [0.1, 0.15) is 5.69 Å². The number of rotatable bonds is 1. The van der Waals surface area contributed by atoms with Gasteiger partial charge in [0.2, 0.25) is 0 Å². The van der Waals surface area contributed by atoms with Gasteiger partial charge in [-0.25, -0.2) is 4.98 Å². The Morgan fingerprint density at radius 1 is 1.62 bits per heavy atom. The lowest BCUT2D eigenvalue weighted by atomic mass is 10.4. The zero-order valence-corrected chi connectivity index (χ0v) is 4.41. The summed E-state index contributed by atoms with van der Waals surface area (Å²) < 4.78 is 0. The van der Waals surface area contributed by atoms with E-state index < -0.39 is 0 Å². The van der Waals surface area contributed by atoms with Crippen molar-refractivity contribution >= 4 is 0 Å². The predicted molar refractivity (Wildman–Crippen MR) is 28.9 cm³/mol. The third-order valence-electron chi connectivity index (χ3n) is 0.784. The lowest BCUT2D eigenvalue weighted by molar-refractivity contribution is 0.899. The van der Waals surface area contributed by atoms with E-state index in [1.807, 2.05) is 0 Å². The highest BCUT2D eigenvalue weighted by Gasteiger charge is 1.84. The van der Waals surface area contributed by atoms with Gasteiger partial charge in [0.15, 0.2) is 0 Å². The van der Waals surface area contributed by atoms with Gasteiger partial charge in [0.25, 0.3) is 0 Å². The van der Waals surface area contributed by atoms with Crippen LogP contribution in [-0.2, 0) is 6.42 Å². The van der Waals surface area contributed by atoms with Gasteiger partial charge in [-0.3, -0.25) is 0 Å². The molecule has 1 aromatic rings. The van der Waals surface area contributed by atoms with Gasteiger partial charge in [-0.15, -0.1) is 5.10 Å². The molecule has 1 radical (unpaired) electrons. The minimum atomic E-state index is 0.654. The summed E-state index contributed by atoms with van der Waals surface area (Å²) in [7, 11) is 0. The molecule has 0 aliphatic heterocycles. The summed E-state index contributed by atoms with van der Waals surface area (Å²) in [5.74, 6) is 0. The smallest absolute Gasteiger partial charge is 0.138 e. The molecular formula is C5H6N3. The zero-order chi connectivity index (χ0) is 5.82. The number of nitrogens with zero attached hydrogens (tertiary/aromatic N) is 3. The van der Waals surface area contributed by atoms with Gasteiger partial charge in [0, 0.05) is 0 Å². The molecular weight excluding hydrogens is 102 g/mol. The van der Waals surface area contributed by atoms with E-state index in [1.54, 1.807) is 6.20 Å². The third-order valence-corrected chi connectivity index (χ3v) is 0.784. The second-order valence-corrected chi connectivity index (χ2v) is 1.35. The topological polar surface area (TPSA) is 38.7 Å². The minimum Gasteiger partial charge on any atom is -0.241 e. The van der Waals surface area contributed by atoms with E-state index >= 15 is 0 Å². The van der Waals surface area contributed by atoms with Gasteiger partial charge >= 0.3 is 0 Å². The van der Waals surface area contributed by atoms with E-state index in [-0.39, 0.29) is 0 Å². The van der Waals surface area contributed by atoms with Gasteiger partial charge in [0.05, 0.1) is 11.9 Å². The van der Waals surface area contributed by atoms with E-state index in [4.69, 9.17) is 0 Å². The van der Waals surface area contributed by atoms with Gasteiger partial charge in [0.1, 0.15) is 6.33 Å². The molecule has 0 atom stereocenters. The quantitative estimate of drug-likeness (QED) is 0.517. The fourth-order valence-corrected chi connectivity index (χ4v) is 0.390. The molecule has 0 fully saturated rings. The number of hydrogen-bond acceptors (Lipinski definition) is 3. The van der Waals surface area contributed by atoms with Crippen LogP contribution in [0.3, 0.4) is 0 Å². The molecule has 1 heterocycles. The molecule has 1 rings (SSSR count). The summed E-state index contributed by atoms with van der Waals surface area (Å²) in [6.07, 6.45) is 3.71. The van der Waals surface area contributed by atoms with Gasteiger partial charge in [-0.05, 0) is 13.3 Å². The molecule has 3 nitrogen and oxygen atoms in total. The van der Waals surface area contributed by atoms with Crippen LogP contribution in [0.4, 0.5) is 0 Å². The van der Waals surface area contributed by atoms with Gasteiger partial charge in [-0.1, -0.05) is 0 Å². The monoisotopic (exact) mass is 108 g/mol. The van der Waals surface area contributed by atoms with Crippen LogP contribution in [0, 0.1) is 6.92 Å². The first-order chi connectivity index (χ1) is 3.93. The van der Waals surface area contributed by atoms with Crippen LogP contribution < -0.4 is 0 Å². The van der Waals surface area contributed by atoms with Crippen LogP contribution in [0.25, 0.3) is 0 Å². The Hall–Kier alpha value is -0.990. The van der Waals surface area contributed by atoms with E-state index in [9.17, 15) is 0 Å². The first kappa shape index (κ1) is 5.15. The summed E-state index contributed by atoms with van der Waals surface area (Å²) in [5, 5.41) is 7.28. The molecule has 0 N–H and O–H groups in total. The van der Waals surface area contributed by atoms with Crippen LogP contribution in [-0.4, -0.2) is 15.2 Å². The average Bonchev–Trinajstić information content (AvgIpc) is 1.90. The van der Waals surface area contributed by atoms with E-state index in [1.165, 1.54) is 6.33 Å². The summed E-state index contributed by atoms with van der Waals surface area (Å²) in [6.45, 7) is 3.61. The third kappa shape index (κ3) is 0.992. The Kier molecular flexibility index (Phi) is 1.51. The van der Waals surface area contributed by atoms with E-state index in [0.717, 1.165) is 5.69 Å². The molecule has 0 unspecified atom stereocenters. The van der Waals surface area contributed by atoms with Crippen LogP contribution >= 0.6 is 0 Å². The fraction of sp³-hybridized carbons (Fsp3) is 0.200. The first-order valence-corrected chi connectivity index (χ1v) is 2.34. The molecule has 0 saturated heterocycles. The maximum Gasteiger partial charge on any atom is 0.138 e. The van der Waals surface area contributed by atoms with Crippen molar-refractivity contribution in [3.8, 4) is 0 Å². The fourth-order valence-electron chi connectivity index (χ4n) is 0.390. The van der Waals surface area contributed by atoms with Crippen LogP contribution in [0.15, 0.2) is 12.5 Å². The largest absolute Gasteiger partial charge is 0.241 e.